The molecule has 0 N–H and O–H groups in total. The largest absolute Gasteiger partial charge is 0.365 e. The van der Waals surface area contributed by atoms with E-state index in [2.05, 4.69) is 32.6 Å². The van der Waals surface area contributed by atoms with E-state index in [0.717, 1.165) is 13.1 Å². The molecule has 0 aliphatic rings. The summed E-state index contributed by atoms with van der Waals surface area (Å²) in [7, 11) is 0. The van der Waals surface area contributed by atoms with Crippen LogP contribution < -0.4 is 4.90 Å². The molecular formula is C19H30N2O3. The van der Waals surface area contributed by atoms with Crippen molar-refractivity contribution in [3.63, 3.8) is 0 Å². The molecular weight excluding hydrogens is 304 g/mol. The Morgan fingerprint density at radius 2 is 1.67 bits per heavy atom. The van der Waals surface area contributed by atoms with Gasteiger partial charge < -0.3 is 4.90 Å². The topological polar surface area (TPSA) is 63.5 Å². The molecule has 1 rings (SSSR count). The molecule has 0 amide bonds. The van der Waals surface area contributed by atoms with Gasteiger partial charge in [0.05, 0.1) is 4.92 Å². The van der Waals surface area contributed by atoms with Gasteiger partial charge in [-0.05, 0) is 44.2 Å². The average Bonchev–Trinajstić information content (AvgIpc) is 2.44. The number of ketones is 1. The SMILES string of the molecule is CC(=O)C(C)(C)c1ccc(N(CC(C)C)CC(C)C)c([N+](=O)[O-])c1. The van der Waals surface area contributed by atoms with E-state index in [4.69, 9.17) is 0 Å². The highest BCUT2D eigenvalue weighted by atomic mass is 16.6. The number of nitrogens with zero attached hydrogens (tertiary/aromatic N) is 2. The summed E-state index contributed by atoms with van der Waals surface area (Å²) in [6.45, 7) is 15.0. The van der Waals surface area contributed by atoms with Crippen molar-refractivity contribution in [1.82, 2.24) is 0 Å². The van der Waals surface area contributed by atoms with Crippen LogP contribution in [0.5, 0.6) is 0 Å². The first-order valence-corrected chi connectivity index (χ1v) is 8.51. The maximum absolute atomic E-state index is 11.9. The van der Waals surface area contributed by atoms with Crippen LogP contribution >= 0.6 is 0 Å². The molecule has 0 aromatic heterocycles. The predicted molar refractivity (Wildman–Crippen MR) is 98.7 cm³/mol. The number of benzene rings is 1. The van der Waals surface area contributed by atoms with Gasteiger partial charge in [0.15, 0.2) is 0 Å². The van der Waals surface area contributed by atoms with Crippen molar-refractivity contribution in [1.29, 1.82) is 0 Å². The molecule has 0 saturated heterocycles. The van der Waals surface area contributed by atoms with Gasteiger partial charge in [0.1, 0.15) is 11.5 Å². The maximum Gasteiger partial charge on any atom is 0.292 e. The van der Waals surface area contributed by atoms with Crippen molar-refractivity contribution in [2.75, 3.05) is 18.0 Å². The van der Waals surface area contributed by atoms with Crippen LogP contribution in [0.15, 0.2) is 18.2 Å². The van der Waals surface area contributed by atoms with E-state index in [0.29, 0.717) is 23.1 Å². The molecule has 0 spiro atoms. The van der Waals surface area contributed by atoms with Crippen LogP contribution in [0, 0.1) is 22.0 Å². The minimum Gasteiger partial charge on any atom is -0.365 e. The van der Waals surface area contributed by atoms with Gasteiger partial charge in [0.25, 0.3) is 5.69 Å². The molecule has 1 aromatic rings. The molecule has 24 heavy (non-hydrogen) atoms. The minimum absolute atomic E-state index is 0.00855. The lowest BCUT2D eigenvalue weighted by atomic mass is 9.81. The number of hydrogen-bond donors (Lipinski definition) is 0. The average molecular weight is 334 g/mol. The molecule has 5 heteroatoms. The summed E-state index contributed by atoms with van der Waals surface area (Å²) < 4.78 is 0. The molecule has 1 aromatic carbocycles. The number of anilines is 1. The second kappa shape index (κ2) is 7.77. The standard InChI is InChI=1S/C19H30N2O3/c1-13(2)11-20(12-14(3)4)17-9-8-16(10-18(17)21(23)24)19(6,7)15(5)22/h8-10,13-14H,11-12H2,1-7H3. The summed E-state index contributed by atoms with van der Waals surface area (Å²) in [6.07, 6.45) is 0. The monoisotopic (exact) mass is 334 g/mol. The van der Waals surface area contributed by atoms with Crippen molar-refractivity contribution in [3.05, 3.63) is 33.9 Å². The predicted octanol–water partition coefficient (Wildman–Crippen LogP) is 4.58. The van der Waals surface area contributed by atoms with Crippen molar-refractivity contribution in [2.24, 2.45) is 11.8 Å². The van der Waals surface area contributed by atoms with Gasteiger partial charge in [-0.1, -0.05) is 33.8 Å². The van der Waals surface area contributed by atoms with E-state index < -0.39 is 5.41 Å². The Morgan fingerprint density at radius 3 is 2.04 bits per heavy atom. The first kappa shape index (κ1) is 20.1. The van der Waals surface area contributed by atoms with Gasteiger partial charge >= 0.3 is 0 Å². The molecule has 0 bridgehead atoms. The first-order chi connectivity index (χ1) is 11.0. The zero-order chi connectivity index (χ0) is 18.7. The summed E-state index contributed by atoms with van der Waals surface area (Å²) in [5.41, 5.74) is 0.651. The quantitative estimate of drug-likeness (QED) is 0.515. The normalized spacial score (nSPS) is 11.9. The Balaban J connectivity index is 3.41. The lowest BCUT2D eigenvalue weighted by molar-refractivity contribution is -0.384. The van der Waals surface area contributed by atoms with Gasteiger partial charge in [-0.3, -0.25) is 14.9 Å². The summed E-state index contributed by atoms with van der Waals surface area (Å²) in [5, 5.41) is 11.6. The van der Waals surface area contributed by atoms with E-state index >= 15 is 0 Å². The second-order valence-electron chi connectivity index (χ2n) is 7.83. The van der Waals surface area contributed by atoms with Crippen LogP contribution in [0.2, 0.25) is 0 Å². The molecule has 134 valence electrons. The highest BCUT2D eigenvalue weighted by Gasteiger charge is 2.30. The summed E-state index contributed by atoms with van der Waals surface area (Å²) in [4.78, 5) is 25.3. The van der Waals surface area contributed by atoms with Crippen LogP contribution in [-0.2, 0) is 10.2 Å². The van der Waals surface area contributed by atoms with E-state index in [-0.39, 0.29) is 16.4 Å². The molecule has 0 radical (unpaired) electrons. The van der Waals surface area contributed by atoms with Gasteiger partial charge in [-0.25, -0.2) is 0 Å². The van der Waals surface area contributed by atoms with Crippen LogP contribution in [0.25, 0.3) is 0 Å². The van der Waals surface area contributed by atoms with Crippen molar-refractivity contribution in [2.45, 2.75) is 53.9 Å². The second-order valence-corrected chi connectivity index (χ2v) is 7.83. The third-order valence-electron chi connectivity index (χ3n) is 4.29. The number of nitro benzene ring substituents is 1. The summed E-state index contributed by atoms with van der Waals surface area (Å²) in [6, 6.07) is 5.20. The smallest absolute Gasteiger partial charge is 0.292 e. The molecule has 0 aliphatic heterocycles. The zero-order valence-corrected chi connectivity index (χ0v) is 15.9. The van der Waals surface area contributed by atoms with Crippen LogP contribution in [0.4, 0.5) is 11.4 Å². The first-order valence-electron chi connectivity index (χ1n) is 8.51. The maximum atomic E-state index is 11.9. The van der Waals surface area contributed by atoms with Crippen molar-refractivity contribution >= 4 is 17.2 Å². The third kappa shape index (κ3) is 4.79. The van der Waals surface area contributed by atoms with E-state index in [1.54, 1.807) is 26.0 Å². The fraction of sp³-hybridized carbons (Fsp3) is 0.632. The van der Waals surface area contributed by atoms with Gasteiger partial charge in [-0.15, -0.1) is 0 Å². The molecule has 0 unspecified atom stereocenters. The van der Waals surface area contributed by atoms with E-state index in [9.17, 15) is 14.9 Å². The number of carbonyl (C=O) groups excluding carboxylic acids is 1. The minimum atomic E-state index is -0.732. The highest BCUT2D eigenvalue weighted by molar-refractivity contribution is 5.87. The van der Waals surface area contributed by atoms with Crippen LogP contribution in [0.3, 0.4) is 0 Å². The van der Waals surface area contributed by atoms with E-state index in [1.807, 2.05) is 6.07 Å². The molecule has 0 aliphatic carbocycles. The summed E-state index contributed by atoms with van der Waals surface area (Å²) >= 11 is 0. The Bertz CT molecular complexity index is 597. The Hall–Kier alpha value is -1.91. The number of rotatable bonds is 8. The molecule has 5 nitrogen and oxygen atoms in total. The fourth-order valence-corrected chi connectivity index (χ4v) is 2.68. The number of hydrogen-bond acceptors (Lipinski definition) is 4. The summed E-state index contributed by atoms with van der Waals surface area (Å²) in [5.74, 6) is 0.791. The highest BCUT2D eigenvalue weighted by Crippen LogP contribution is 2.35. The fourth-order valence-electron chi connectivity index (χ4n) is 2.68. The Labute approximate surface area is 145 Å². The Kier molecular flexibility index (Phi) is 6.52. The van der Waals surface area contributed by atoms with Gasteiger partial charge in [-0.2, -0.15) is 0 Å². The lowest BCUT2D eigenvalue weighted by Gasteiger charge is -2.29. The van der Waals surface area contributed by atoms with Gasteiger partial charge in [0.2, 0.25) is 0 Å². The van der Waals surface area contributed by atoms with Crippen LogP contribution in [-0.4, -0.2) is 23.8 Å². The number of nitro groups is 1. The van der Waals surface area contributed by atoms with Crippen molar-refractivity contribution in [3.8, 4) is 0 Å². The number of carbonyl (C=O) groups is 1. The van der Waals surface area contributed by atoms with Crippen molar-refractivity contribution < 1.29 is 9.72 Å². The van der Waals surface area contributed by atoms with Crippen LogP contribution in [0.1, 0.15) is 54.0 Å². The van der Waals surface area contributed by atoms with Gasteiger partial charge in [0, 0.05) is 24.6 Å². The molecule has 0 saturated carbocycles. The zero-order valence-electron chi connectivity index (χ0n) is 15.9. The third-order valence-corrected chi connectivity index (χ3v) is 4.29. The molecule has 0 fully saturated rings. The molecule has 0 atom stereocenters. The number of Topliss-reactive ketones (excluding diaryl/α,β-unsaturated/α-hetero) is 1. The van der Waals surface area contributed by atoms with E-state index in [1.165, 1.54) is 6.92 Å². The molecule has 0 heterocycles. The lowest BCUT2D eigenvalue weighted by Crippen LogP contribution is -2.32. The Morgan fingerprint density at radius 1 is 1.17 bits per heavy atom.